The van der Waals surface area contributed by atoms with Gasteiger partial charge in [0.2, 0.25) is 0 Å². The molecule has 0 aromatic heterocycles. The van der Waals surface area contributed by atoms with Gasteiger partial charge in [0.25, 0.3) is 0 Å². The molecule has 2 unspecified atom stereocenters. The Hall–Kier alpha value is -0.340. The summed E-state index contributed by atoms with van der Waals surface area (Å²) in [5, 5.41) is 9.97. The van der Waals surface area contributed by atoms with E-state index in [2.05, 4.69) is 47.6 Å². The molecule has 0 amide bonds. The fraction of sp³-hybridized carbons (Fsp3) is 0.935. The second-order valence-corrected chi connectivity index (χ2v) is 15.0. The Morgan fingerprint density at radius 3 is 2.27 bits per heavy atom. The first kappa shape index (κ1) is 24.4. The zero-order valence-corrected chi connectivity index (χ0v) is 23.0. The maximum atomic E-state index is 9.97. The first-order valence-electron chi connectivity index (χ1n) is 14.3. The first-order chi connectivity index (χ1) is 15.2. The summed E-state index contributed by atoms with van der Waals surface area (Å²) in [5.41, 5.74) is 1.92. The molecule has 9 atom stereocenters. The first-order valence-corrected chi connectivity index (χ1v) is 14.3. The largest absolute Gasteiger partial charge is 0.386 e. The summed E-state index contributed by atoms with van der Waals surface area (Å²) in [7, 11) is 0. The van der Waals surface area contributed by atoms with Gasteiger partial charge in [0, 0.05) is 0 Å². The molecule has 5 saturated carbocycles. The summed E-state index contributed by atoms with van der Waals surface area (Å²) < 4.78 is 6.75. The zero-order valence-electron chi connectivity index (χ0n) is 23.0. The van der Waals surface area contributed by atoms with Crippen molar-refractivity contribution < 1.29 is 9.84 Å². The van der Waals surface area contributed by atoms with Crippen LogP contribution in [0.5, 0.6) is 0 Å². The van der Waals surface area contributed by atoms with Gasteiger partial charge in [-0.1, -0.05) is 46.8 Å². The molecule has 0 aromatic carbocycles. The number of ether oxygens (including phenoxy) is 1. The molecule has 5 fully saturated rings. The Balaban J connectivity index is 1.33. The van der Waals surface area contributed by atoms with Crippen LogP contribution in [0.3, 0.4) is 0 Å². The van der Waals surface area contributed by atoms with Crippen LogP contribution >= 0.6 is 0 Å². The van der Waals surface area contributed by atoms with Crippen LogP contribution in [0.1, 0.15) is 120 Å². The van der Waals surface area contributed by atoms with Crippen molar-refractivity contribution in [2.45, 2.75) is 137 Å². The third kappa shape index (κ3) is 3.24. The Bertz CT molecular complexity index is 806. The lowest BCUT2D eigenvalue weighted by atomic mass is 9.42. The lowest BCUT2D eigenvalue weighted by molar-refractivity contribution is -0.177. The normalized spacial score (nSPS) is 51.4. The second kappa shape index (κ2) is 7.34. The minimum absolute atomic E-state index is 0.209. The Morgan fingerprint density at radius 2 is 1.58 bits per heavy atom. The molecule has 0 saturated heterocycles. The summed E-state index contributed by atoms with van der Waals surface area (Å²) in [6.45, 7) is 18.9. The van der Waals surface area contributed by atoms with E-state index >= 15 is 0 Å². The molecule has 0 aliphatic heterocycles. The molecule has 0 radical (unpaired) electrons. The Labute approximate surface area is 204 Å². The standard InChI is InChI=1S/C31H52O2/c1-21-13-16-29(8)24-12-11-23-27(5,6)25(33-22(2)10-9-15-26(3,4)32)14-17-30(23)20-31(24,30)19-18-28(21,29)7/h9,15,21-25,32H,10-14,16-20H2,1-8H3/b15-9-/t21-,22-,23?,24?,25-,28+,29-,30+,31-/m0/s1. The van der Waals surface area contributed by atoms with Gasteiger partial charge in [-0.25, -0.2) is 0 Å². The van der Waals surface area contributed by atoms with Gasteiger partial charge >= 0.3 is 0 Å². The second-order valence-electron chi connectivity index (χ2n) is 15.0. The van der Waals surface area contributed by atoms with Crippen LogP contribution in [0.15, 0.2) is 12.2 Å². The van der Waals surface area contributed by atoms with Crippen molar-refractivity contribution in [2.24, 2.45) is 44.8 Å². The van der Waals surface area contributed by atoms with Crippen molar-refractivity contribution in [3.05, 3.63) is 12.2 Å². The Morgan fingerprint density at radius 1 is 0.909 bits per heavy atom. The Kier molecular flexibility index (Phi) is 5.42. The highest BCUT2D eigenvalue weighted by Gasteiger charge is 2.81. The number of fused-ring (bicyclic) bond motifs is 2. The van der Waals surface area contributed by atoms with Crippen LogP contribution in [0.25, 0.3) is 0 Å². The molecule has 2 spiro atoms. The van der Waals surface area contributed by atoms with E-state index in [4.69, 9.17) is 4.74 Å². The fourth-order valence-electron chi connectivity index (χ4n) is 10.8. The van der Waals surface area contributed by atoms with Gasteiger partial charge in [0.15, 0.2) is 0 Å². The molecule has 5 aliphatic rings. The third-order valence-electron chi connectivity index (χ3n) is 12.9. The van der Waals surface area contributed by atoms with E-state index in [1.54, 1.807) is 0 Å². The average Bonchev–Trinajstić information content (AvgIpc) is 3.31. The van der Waals surface area contributed by atoms with E-state index < -0.39 is 5.60 Å². The van der Waals surface area contributed by atoms with E-state index in [0.717, 1.165) is 24.2 Å². The summed E-state index contributed by atoms with van der Waals surface area (Å²) in [6.07, 6.45) is 18.4. The molecule has 0 heterocycles. The zero-order chi connectivity index (χ0) is 24.1. The van der Waals surface area contributed by atoms with Crippen LogP contribution in [0.2, 0.25) is 0 Å². The van der Waals surface area contributed by atoms with Gasteiger partial charge in [-0.3, -0.25) is 0 Å². The van der Waals surface area contributed by atoms with E-state index in [-0.39, 0.29) is 11.5 Å². The number of hydrogen-bond acceptors (Lipinski definition) is 2. The maximum absolute atomic E-state index is 9.97. The van der Waals surface area contributed by atoms with Crippen LogP contribution in [0.4, 0.5) is 0 Å². The van der Waals surface area contributed by atoms with Crippen molar-refractivity contribution in [2.75, 3.05) is 0 Å². The highest BCUT2D eigenvalue weighted by Crippen LogP contribution is 2.88. The molecule has 1 N–H and O–H groups in total. The summed E-state index contributed by atoms with van der Waals surface area (Å²) >= 11 is 0. The minimum atomic E-state index is -0.737. The third-order valence-corrected chi connectivity index (χ3v) is 12.9. The van der Waals surface area contributed by atoms with Gasteiger partial charge in [-0.2, -0.15) is 0 Å². The van der Waals surface area contributed by atoms with Gasteiger partial charge in [-0.15, -0.1) is 0 Å². The quantitative estimate of drug-likeness (QED) is 0.425. The van der Waals surface area contributed by atoms with Crippen LogP contribution < -0.4 is 0 Å². The summed E-state index contributed by atoms with van der Waals surface area (Å²) in [4.78, 5) is 0. The van der Waals surface area contributed by atoms with Gasteiger partial charge < -0.3 is 9.84 Å². The minimum Gasteiger partial charge on any atom is -0.386 e. The predicted octanol–water partition coefficient (Wildman–Crippen LogP) is 7.94. The van der Waals surface area contributed by atoms with Gasteiger partial charge in [0.05, 0.1) is 17.8 Å². The molecule has 0 aromatic rings. The predicted molar refractivity (Wildman–Crippen MR) is 137 cm³/mol. The molecule has 5 rings (SSSR count). The van der Waals surface area contributed by atoms with Crippen molar-refractivity contribution >= 4 is 0 Å². The van der Waals surface area contributed by atoms with Crippen LogP contribution in [-0.2, 0) is 4.74 Å². The molecule has 2 heteroatoms. The monoisotopic (exact) mass is 456 g/mol. The number of rotatable bonds is 5. The molecule has 2 nitrogen and oxygen atoms in total. The lowest BCUT2D eigenvalue weighted by Crippen LogP contribution is -2.57. The molecule has 5 aliphatic carbocycles. The van der Waals surface area contributed by atoms with Crippen molar-refractivity contribution in [1.82, 2.24) is 0 Å². The topological polar surface area (TPSA) is 29.5 Å². The van der Waals surface area contributed by atoms with E-state index in [0.29, 0.717) is 27.8 Å². The van der Waals surface area contributed by atoms with Gasteiger partial charge in [-0.05, 0) is 130 Å². The SMILES string of the molecule is C[C@@H](C/C=C\C(C)(C)O)O[C@H]1CC[C@]23C[C@]24CC[C@]2(C)[C@@H](C)CC[C@@]2(C)C4CCC3C1(C)C. The molecule has 188 valence electrons. The highest BCUT2D eigenvalue weighted by molar-refractivity contribution is 5.30. The summed E-state index contributed by atoms with van der Waals surface area (Å²) in [6, 6.07) is 0. The summed E-state index contributed by atoms with van der Waals surface area (Å²) in [5.74, 6) is 2.69. The number of aliphatic hydroxyl groups is 1. The lowest BCUT2D eigenvalue weighted by Gasteiger charge is -2.63. The van der Waals surface area contributed by atoms with Gasteiger partial charge in [0.1, 0.15) is 0 Å². The van der Waals surface area contributed by atoms with E-state index in [1.165, 1.54) is 57.8 Å². The maximum Gasteiger partial charge on any atom is 0.0771 e. The van der Waals surface area contributed by atoms with Crippen molar-refractivity contribution in [1.29, 1.82) is 0 Å². The van der Waals surface area contributed by atoms with Crippen molar-refractivity contribution in [3.63, 3.8) is 0 Å². The van der Waals surface area contributed by atoms with Crippen LogP contribution in [0, 0.1) is 44.8 Å². The molecule has 33 heavy (non-hydrogen) atoms. The molecular weight excluding hydrogens is 404 g/mol. The van der Waals surface area contributed by atoms with Crippen LogP contribution in [-0.4, -0.2) is 22.9 Å². The van der Waals surface area contributed by atoms with E-state index in [9.17, 15) is 5.11 Å². The van der Waals surface area contributed by atoms with Crippen molar-refractivity contribution in [3.8, 4) is 0 Å². The van der Waals surface area contributed by atoms with E-state index in [1.807, 2.05) is 19.9 Å². The highest BCUT2D eigenvalue weighted by atomic mass is 16.5. The average molecular weight is 457 g/mol. The fourth-order valence-corrected chi connectivity index (χ4v) is 10.8. The molecule has 0 bridgehead atoms. The number of hydrogen-bond donors (Lipinski definition) is 1. The molecular formula is C31H52O2. The smallest absolute Gasteiger partial charge is 0.0771 e.